The van der Waals surface area contributed by atoms with Gasteiger partial charge < -0.3 is 15.0 Å². The van der Waals surface area contributed by atoms with Crippen molar-refractivity contribution in [3.05, 3.63) is 53.0 Å². The highest BCUT2D eigenvalue weighted by atomic mass is 16.5. The maximum atomic E-state index is 13.0. The minimum absolute atomic E-state index is 0.0186. The topological polar surface area (TPSA) is 79.9 Å². The summed E-state index contributed by atoms with van der Waals surface area (Å²) in [6, 6.07) is 6.01. The van der Waals surface area contributed by atoms with Gasteiger partial charge in [-0.25, -0.2) is 4.98 Å². The van der Waals surface area contributed by atoms with Crippen LogP contribution in [0.5, 0.6) is 5.88 Å². The molecular formula is C25H26N4O2. The number of aromatic nitrogens is 3. The zero-order valence-electron chi connectivity index (χ0n) is 17.9. The number of hydrogen-bond donors (Lipinski definition) is 2. The van der Waals surface area contributed by atoms with E-state index in [2.05, 4.69) is 21.4 Å². The van der Waals surface area contributed by atoms with Gasteiger partial charge in [-0.15, -0.1) is 0 Å². The summed E-state index contributed by atoms with van der Waals surface area (Å²) in [5.41, 5.74) is 8.43. The highest BCUT2D eigenvalue weighted by Gasteiger charge is 2.45. The Labute approximate surface area is 181 Å². The van der Waals surface area contributed by atoms with Crippen LogP contribution < -0.4 is 10.1 Å². The summed E-state index contributed by atoms with van der Waals surface area (Å²) in [6.45, 7) is 3.97. The van der Waals surface area contributed by atoms with Crippen molar-refractivity contribution in [3.8, 4) is 28.4 Å². The molecule has 4 heterocycles. The first-order valence-electron chi connectivity index (χ1n) is 11.2. The standard InChI is InChI=1S/C25H26N4O2/c1-14(2)31-21-7-5-16(13-27-21)19-10-18-15(12-26-19)4-6-17-22-20(28-23(17)18)11-25(8-3-9-25)29-24(22)30/h5,7,10,12-14,28H,3-4,6,8-9,11H2,1-2H3,(H,29,30). The fourth-order valence-corrected chi connectivity index (χ4v) is 5.25. The number of aromatic amines is 1. The Bertz CT molecular complexity index is 1190. The van der Waals surface area contributed by atoms with Crippen LogP contribution in [0, 0.1) is 0 Å². The lowest BCUT2D eigenvalue weighted by molar-refractivity contribution is 0.0793. The molecule has 0 aromatic carbocycles. The summed E-state index contributed by atoms with van der Waals surface area (Å²) >= 11 is 0. The number of amides is 1. The lowest BCUT2D eigenvalue weighted by Gasteiger charge is -2.45. The summed E-state index contributed by atoms with van der Waals surface area (Å²) in [7, 11) is 0. The molecule has 1 aliphatic heterocycles. The number of fused-ring (bicyclic) bond motifs is 5. The molecule has 31 heavy (non-hydrogen) atoms. The van der Waals surface area contributed by atoms with Crippen molar-refractivity contribution in [2.24, 2.45) is 0 Å². The Morgan fingerprint density at radius 1 is 1.13 bits per heavy atom. The molecule has 3 aliphatic rings. The van der Waals surface area contributed by atoms with Gasteiger partial charge in [0.05, 0.1) is 23.1 Å². The van der Waals surface area contributed by atoms with Gasteiger partial charge in [0.1, 0.15) is 0 Å². The molecule has 6 nitrogen and oxygen atoms in total. The number of H-pyrrole nitrogens is 1. The van der Waals surface area contributed by atoms with Gasteiger partial charge >= 0.3 is 0 Å². The van der Waals surface area contributed by atoms with Gasteiger partial charge in [0, 0.05) is 47.2 Å². The van der Waals surface area contributed by atoms with E-state index in [9.17, 15) is 4.79 Å². The van der Waals surface area contributed by atoms with Crippen molar-refractivity contribution in [1.82, 2.24) is 20.3 Å². The normalized spacial score (nSPS) is 18.1. The van der Waals surface area contributed by atoms with Crippen LogP contribution in [0.15, 0.2) is 30.6 Å². The Morgan fingerprint density at radius 2 is 2.00 bits per heavy atom. The van der Waals surface area contributed by atoms with Gasteiger partial charge in [-0.2, -0.15) is 0 Å². The van der Waals surface area contributed by atoms with Gasteiger partial charge in [0.25, 0.3) is 5.91 Å². The molecule has 1 spiro atoms. The minimum Gasteiger partial charge on any atom is -0.475 e. The second-order valence-corrected chi connectivity index (χ2v) is 9.38. The third kappa shape index (κ3) is 2.96. The molecule has 0 saturated heterocycles. The smallest absolute Gasteiger partial charge is 0.253 e. The van der Waals surface area contributed by atoms with Crippen molar-refractivity contribution in [1.29, 1.82) is 0 Å². The first-order chi connectivity index (χ1) is 15.0. The third-order valence-electron chi connectivity index (χ3n) is 6.90. The summed E-state index contributed by atoms with van der Waals surface area (Å²) in [5, 5.41) is 3.31. The largest absolute Gasteiger partial charge is 0.475 e. The van der Waals surface area contributed by atoms with Crippen LogP contribution in [0.2, 0.25) is 0 Å². The summed E-state index contributed by atoms with van der Waals surface area (Å²) in [5.74, 6) is 0.716. The molecule has 0 bridgehead atoms. The molecule has 1 fully saturated rings. The van der Waals surface area contributed by atoms with Gasteiger partial charge in [0.2, 0.25) is 5.88 Å². The number of nitrogens with zero attached hydrogens (tertiary/aromatic N) is 2. The van der Waals surface area contributed by atoms with E-state index >= 15 is 0 Å². The number of ether oxygens (including phenoxy) is 1. The van der Waals surface area contributed by atoms with E-state index in [-0.39, 0.29) is 17.6 Å². The molecular weight excluding hydrogens is 388 g/mol. The van der Waals surface area contributed by atoms with Crippen LogP contribution in [-0.4, -0.2) is 32.5 Å². The number of aryl methyl sites for hydroxylation is 1. The van der Waals surface area contributed by atoms with E-state index in [0.717, 1.165) is 71.4 Å². The van der Waals surface area contributed by atoms with Crippen molar-refractivity contribution in [3.63, 3.8) is 0 Å². The van der Waals surface area contributed by atoms with Gasteiger partial charge in [-0.1, -0.05) is 0 Å². The predicted molar refractivity (Wildman–Crippen MR) is 118 cm³/mol. The molecule has 2 N–H and O–H groups in total. The van der Waals surface area contributed by atoms with E-state index in [4.69, 9.17) is 9.72 Å². The number of carbonyl (C=O) groups is 1. The molecule has 1 amide bonds. The van der Waals surface area contributed by atoms with Crippen LogP contribution in [0.3, 0.4) is 0 Å². The second-order valence-electron chi connectivity index (χ2n) is 9.38. The molecule has 3 aromatic heterocycles. The van der Waals surface area contributed by atoms with Gasteiger partial charge in [-0.05, 0) is 69.2 Å². The third-order valence-corrected chi connectivity index (χ3v) is 6.90. The number of hydrogen-bond acceptors (Lipinski definition) is 4. The van der Waals surface area contributed by atoms with Crippen molar-refractivity contribution < 1.29 is 9.53 Å². The quantitative estimate of drug-likeness (QED) is 0.672. The van der Waals surface area contributed by atoms with E-state index in [0.29, 0.717) is 5.88 Å². The molecule has 1 saturated carbocycles. The molecule has 3 aromatic rings. The van der Waals surface area contributed by atoms with Gasteiger partial charge in [-0.3, -0.25) is 9.78 Å². The Balaban J connectivity index is 1.39. The van der Waals surface area contributed by atoms with Gasteiger partial charge in [0.15, 0.2) is 0 Å². The highest BCUT2D eigenvalue weighted by Crippen LogP contribution is 2.43. The predicted octanol–water partition coefficient (Wildman–Crippen LogP) is 4.23. The fourth-order valence-electron chi connectivity index (χ4n) is 5.25. The molecule has 0 unspecified atom stereocenters. The minimum atomic E-state index is -0.0186. The van der Waals surface area contributed by atoms with Crippen LogP contribution in [-0.2, 0) is 19.3 Å². The van der Waals surface area contributed by atoms with Crippen LogP contribution in [0.1, 0.15) is 60.3 Å². The zero-order chi connectivity index (χ0) is 21.2. The Hall–Kier alpha value is -3.15. The lowest BCUT2D eigenvalue weighted by Crippen LogP contribution is -2.57. The van der Waals surface area contributed by atoms with Crippen molar-refractivity contribution in [2.45, 2.75) is 64.0 Å². The molecule has 2 aliphatic carbocycles. The maximum absolute atomic E-state index is 13.0. The molecule has 6 heteroatoms. The molecule has 158 valence electrons. The van der Waals surface area contributed by atoms with E-state index in [1.54, 1.807) is 0 Å². The van der Waals surface area contributed by atoms with E-state index < -0.39 is 0 Å². The molecule has 6 rings (SSSR count). The second kappa shape index (κ2) is 6.67. The average Bonchev–Trinajstić information content (AvgIpc) is 3.12. The first kappa shape index (κ1) is 18.6. The van der Waals surface area contributed by atoms with E-state index in [1.807, 2.05) is 38.4 Å². The molecule has 0 radical (unpaired) electrons. The summed E-state index contributed by atoms with van der Waals surface area (Å²) in [6.07, 6.45) is 9.91. The summed E-state index contributed by atoms with van der Waals surface area (Å²) < 4.78 is 5.66. The lowest BCUT2D eigenvalue weighted by atomic mass is 9.71. The van der Waals surface area contributed by atoms with Crippen LogP contribution in [0.4, 0.5) is 0 Å². The van der Waals surface area contributed by atoms with Crippen molar-refractivity contribution in [2.75, 3.05) is 0 Å². The highest BCUT2D eigenvalue weighted by molar-refractivity contribution is 6.01. The number of carbonyl (C=O) groups excluding carboxylic acids is 1. The fraction of sp³-hybridized carbons (Fsp3) is 0.400. The summed E-state index contributed by atoms with van der Waals surface area (Å²) in [4.78, 5) is 25.7. The zero-order valence-corrected chi connectivity index (χ0v) is 17.9. The first-order valence-corrected chi connectivity index (χ1v) is 11.2. The van der Waals surface area contributed by atoms with Crippen LogP contribution in [0.25, 0.3) is 22.5 Å². The molecule has 0 atom stereocenters. The SMILES string of the molecule is CC(C)Oc1ccc(-c2cc3c(cn2)CCc2c-3[nH]c3c2C(=O)NC2(CCC2)C3)cn1. The Kier molecular flexibility index (Phi) is 4.01. The van der Waals surface area contributed by atoms with Crippen molar-refractivity contribution >= 4 is 5.91 Å². The monoisotopic (exact) mass is 414 g/mol. The Morgan fingerprint density at radius 3 is 2.71 bits per heavy atom. The van der Waals surface area contributed by atoms with E-state index in [1.165, 1.54) is 12.0 Å². The number of pyridine rings is 2. The number of nitrogens with one attached hydrogen (secondary N) is 2. The number of rotatable bonds is 3. The average molecular weight is 415 g/mol. The maximum Gasteiger partial charge on any atom is 0.253 e. The van der Waals surface area contributed by atoms with Crippen LogP contribution >= 0.6 is 0 Å².